The van der Waals surface area contributed by atoms with Crippen molar-refractivity contribution in [2.24, 2.45) is 0 Å². The van der Waals surface area contributed by atoms with Gasteiger partial charge in [-0.05, 0) is 75.5 Å². The van der Waals surface area contributed by atoms with Crippen LogP contribution in [0, 0.1) is 6.92 Å². The number of nitrogens with zero attached hydrogens (tertiary/aromatic N) is 5. The van der Waals surface area contributed by atoms with Crippen LogP contribution in [0.2, 0.25) is 0 Å². The Morgan fingerprint density at radius 1 is 0.865 bits per heavy atom. The predicted octanol–water partition coefficient (Wildman–Crippen LogP) is 5.32. The largest absolute Gasteiger partial charge is 0.327 e. The van der Waals surface area contributed by atoms with E-state index in [4.69, 9.17) is 9.97 Å². The van der Waals surface area contributed by atoms with Gasteiger partial charge in [0, 0.05) is 19.3 Å². The minimum atomic E-state index is -0.197. The molecule has 2 aromatic heterocycles. The lowest BCUT2D eigenvalue weighted by Gasteiger charge is -2.39. The summed E-state index contributed by atoms with van der Waals surface area (Å²) in [5.41, 5.74) is 5.42. The Morgan fingerprint density at radius 3 is 2.32 bits per heavy atom. The number of carbonyl (C=O) groups excluding carboxylic acids is 2. The lowest BCUT2D eigenvalue weighted by atomic mass is 9.92. The molecule has 2 amide bonds. The smallest absolute Gasteiger partial charge is 0.261 e. The number of pyridine rings is 1. The van der Waals surface area contributed by atoms with E-state index in [1.54, 1.807) is 24.3 Å². The van der Waals surface area contributed by atoms with E-state index in [9.17, 15) is 9.59 Å². The molecule has 7 nitrogen and oxygen atoms in total. The highest BCUT2D eigenvalue weighted by atomic mass is 16.2. The zero-order valence-corrected chi connectivity index (χ0v) is 21.3. The number of imide groups is 1. The number of hydrogen-bond acceptors (Lipinski definition) is 5. The lowest BCUT2D eigenvalue weighted by molar-refractivity contribution is 0.0650. The number of benzene rings is 2. The van der Waals surface area contributed by atoms with Crippen LogP contribution in [0.5, 0.6) is 0 Å². The molecule has 2 aliphatic heterocycles. The summed E-state index contributed by atoms with van der Waals surface area (Å²) in [4.78, 5) is 39.3. The van der Waals surface area contributed by atoms with E-state index in [1.807, 2.05) is 24.4 Å². The van der Waals surface area contributed by atoms with E-state index in [0.29, 0.717) is 30.6 Å². The van der Waals surface area contributed by atoms with Crippen molar-refractivity contribution in [3.8, 4) is 0 Å². The average molecular weight is 494 g/mol. The number of para-hydroxylation sites is 2. The number of piperidine rings is 1. The SMILES string of the molecule is Cc1cccnc1[C@@H]1CCC[C@H](c2nc3ccccc3n2CCCN2C(=O)c3ccccc3C2=O)N1C. The third kappa shape index (κ3) is 4.03. The zero-order valence-electron chi connectivity index (χ0n) is 21.3. The van der Waals surface area contributed by atoms with Gasteiger partial charge in [-0.1, -0.05) is 30.3 Å². The van der Waals surface area contributed by atoms with Gasteiger partial charge in [-0.15, -0.1) is 0 Å². The Balaban J connectivity index is 1.26. The van der Waals surface area contributed by atoms with Gasteiger partial charge in [-0.2, -0.15) is 0 Å². The molecule has 4 heterocycles. The van der Waals surface area contributed by atoms with E-state index in [-0.39, 0.29) is 23.9 Å². The molecule has 0 unspecified atom stereocenters. The number of aryl methyl sites for hydroxylation is 2. The predicted molar refractivity (Wildman–Crippen MR) is 142 cm³/mol. The van der Waals surface area contributed by atoms with E-state index >= 15 is 0 Å². The molecule has 4 aromatic rings. The van der Waals surface area contributed by atoms with Crippen LogP contribution in [-0.2, 0) is 6.54 Å². The number of rotatable bonds is 6. The van der Waals surface area contributed by atoms with Crippen molar-refractivity contribution >= 4 is 22.8 Å². The Labute approximate surface area is 216 Å². The Bertz CT molecular complexity index is 1460. The average Bonchev–Trinajstić information content (AvgIpc) is 3.40. The van der Waals surface area contributed by atoms with Crippen molar-refractivity contribution in [2.75, 3.05) is 13.6 Å². The zero-order chi connectivity index (χ0) is 25.5. The minimum Gasteiger partial charge on any atom is -0.327 e. The van der Waals surface area contributed by atoms with Crippen LogP contribution in [0.4, 0.5) is 0 Å². The number of aromatic nitrogens is 3. The lowest BCUT2D eigenvalue weighted by Crippen LogP contribution is -2.35. The molecule has 0 radical (unpaired) electrons. The van der Waals surface area contributed by atoms with Gasteiger partial charge in [-0.3, -0.25) is 24.4 Å². The van der Waals surface area contributed by atoms with Crippen molar-refractivity contribution in [1.82, 2.24) is 24.3 Å². The number of likely N-dealkylation sites (tertiary alicyclic amines) is 1. The number of amides is 2. The van der Waals surface area contributed by atoms with Crippen molar-refractivity contribution in [1.29, 1.82) is 0 Å². The van der Waals surface area contributed by atoms with Crippen LogP contribution in [0.3, 0.4) is 0 Å². The maximum absolute atomic E-state index is 12.8. The molecular formula is C30H31N5O2. The highest BCUT2D eigenvalue weighted by molar-refractivity contribution is 6.21. The summed E-state index contributed by atoms with van der Waals surface area (Å²) >= 11 is 0. The van der Waals surface area contributed by atoms with E-state index in [0.717, 1.165) is 41.8 Å². The molecule has 6 rings (SSSR count). The molecule has 0 N–H and O–H groups in total. The van der Waals surface area contributed by atoms with E-state index < -0.39 is 0 Å². The molecular weight excluding hydrogens is 462 g/mol. The first kappa shape index (κ1) is 23.6. The fourth-order valence-electron chi connectivity index (χ4n) is 6.03. The van der Waals surface area contributed by atoms with Crippen LogP contribution < -0.4 is 0 Å². The first-order valence-corrected chi connectivity index (χ1v) is 13.1. The molecule has 0 saturated carbocycles. The second kappa shape index (κ2) is 9.56. The van der Waals surface area contributed by atoms with Crippen molar-refractivity contribution in [3.63, 3.8) is 0 Å². The molecule has 2 atom stereocenters. The molecule has 1 saturated heterocycles. The maximum Gasteiger partial charge on any atom is 0.261 e. The van der Waals surface area contributed by atoms with Crippen molar-refractivity contribution < 1.29 is 9.59 Å². The Morgan fingerprint density at radius 2 is 1.57 bits per heavy atom. The third-order valence-corrected chi connectivity index (χ3v) is 7.93. The Kier molecular flexibility index (Phi) is 6.08. The standard InChI is InChI=1S/C30H31N5O2/c1-20-10-8-17-31-27(20)25-15-7-16-26(33(25)2)28-32-23-13-5-6-14-24(23)34(28)18-9-19-35-29(36)21-11-3-4-12-22(21)30(35)37/h3-6,8,10-14,17,25-26H,7,9,15-16,18-19H2,1-2H3/t25-,26+/m0/s1. The summed E-state index contributed by atoms with van der Waals surface area (Å²) in [6.07, 6.45) is 5.76. The molecule has 7 heteroatoms. The maximum atomic E-state index is 12.8. The minimum absolute atomic E-state index is 0.159. The number of imidazole rings is 1. The summed E-state index contributed by atoms with van der Waals surface area (Å²) in [5, 5.41) is 0. The fraction of sp³-hybridized carbons (Fsp3) is 0.333. The van der Waals surface area contributed by atoms with Gasteiger partial charge in [0.05, 0.1) is 39.9 Å². The van der Waals surface area contributed by atoms with Gasteiger partial charge < -0.3 is 4.57 Å². The van der Waals surface area contributed by atoms with Gasteiger partial charge in [0.1, 0.15) is 5.82 Å². The molecule has 188 valence electrons. The second-order valence-electron chi connectivity index (χ2n) is 10.1. The first-order valence-electron chi connectivity index (χ1n) is 13.1. The summed E-state index contributed by atoms with van der Waals surface area (Å²) in [5.74, 6) is 0.651. The highest BCUT2D eigenvalue weighted by Crippen LogP contribution is 2.41. The summed E-state index contributed by atoms with van der Waals surface area (Å²) in [6.45, 7) is 3.20. The van der Waals surface area contributed by atoms with Gasteiger partial charge in [0.25, 0.3) is 11.8 Å². The molecule has 37 heavy (non-hydrogen) atoms. The van der Waals surface area contributed by atoms with Crippen LogP contribution in [0.1, 0.15) is 75.6 Å². The monoisotopic (exact) mass is 493 g/mol. The fourth-order valence-corrected chi connectivity index (χ4v) is 6.03. The normalized spacial score (nSPS) is 20.1. The van der Waals surface area contributed by atoms with Gasteiger partial charge in [0.2, 0.25) is 0 Å². The molecule has 0 spiro atoms. The summed E-state index contributed by atoms with van der Waals surface area (Å²) < 4.78 is 2.29. The third-order valence-electron chi connectivity index (χ3n) is 7.93. The highest BCUT2D eigenvalue weighted by Gasteiger charge is 2.36. The van der Waals surface area contributed by atoms with Crippen LogP contribution in [0.25, 0.3) is 11.0 Å². The molecule has 0 bridgehead atoms. The number of carbonyl (C=O) groups is 2. The molecule has 2 aromatic carbocycles. The van der Waals surface area contributed by atoms with E-state index in [1.165, 1.54) is 10.5 Å². The van der Waals surface area contributed by atoms with Gasteiger partial charge >= 0.3 is 0 Å². The van der Waals surface area contributed by atoms with E-state index in [2.05, 4.69) is 41.6 Å². The van der Waals surface area contributed by atoms with Crippen molar-refractivity contribution in [2.45, 2.75) is 51.2 Å². The Hall–Kier alpha value is -3.84. The quantitative estimate of drug-likeness (QED) is 0.340. The topological polar surface area (TPSA) is 71.3 Å². The van der Waals surface area contributed by atoms with Crippen LogP contribution >= 0.6 is 0 Å². The number of hydrogen-bond donors (Lipinski definition) is 0. The van der Waals surface area contributed by atoms with Crippen molar-refractivity contribution in [3.05, 3.63) is 95.1 Å². The van der Waals surface area contributed by atoms with Gasteiger partial charge in [0.15, 0.2) is 0 Å². The van der Waals surface area contributed by atoms with Crippen LogP contribution in [0.15, 0.2) is 66.9 Å². The summed E-state index contributed by atoms with van der Waals surface area (Å²) in [6, 6.07) is 19.8. The molecule has 0 aliphatic carbocycles. The van der Waals surface area contributed by atoms with Crippen LogP contribution in [-0.4, -0.2) is 49.7 Å². The number of fused-ring (bicyclic) bond motifs is 2. The first-order chi connectivity index (χ1) is 18.0. The summed E-state index contributed by atoms with van der Waals surface area (Å²) in [7, 11) is 2.19. The second-order valence-corrected chi connectivity index (χ2v) is 10.1. The van der Waals surface area contributed by atoms with Gasteiger partial charge in [-0.25, -0.2) is 4.98 Å². The molecule has 1 fully saturated rings. The molecule has 2 aliphatic rings.